The third kappa shape index (κ3) is 9.13. The van der Waals surface area contributed by atoms with E-state index in [1.807, 2.05) is 0 Å². The van der Waals surface area contributed by atoms with E-state index in [-0.39, 0.29) is 0 Å². The van der Waals surface area contributed by atoms with E-state index < -0.39 is 39.5 Å². The van der Waals surface area contributed by atoms with E-state index in [4.69, 9.17) is 0 Å². The van der Waals surface area contributed by atoms with Crippen molar-refractivity contribution in [1.29, 1.82) is 0 Å². The van der Waals surface area contributed by atoms with Gasteiger partial charge in [0.1, 0.15) is 0 Å². The van der Waals surface area contributed by atoms with Crippen molar-refractivity contribution < 1.29 is 0 Å². The van der Waals surface area contributed by atoms with Crippen LogP contribution in [0.2, 0.25) is 24.7 Å². The second kappa shape index (κ2) is 8.15. The fourth-order valence-corrected chi connectivity index (χ4v) is 3.22. The van der Waals surface area contributed by atoms with Gasteiger partial charge in [0, 0.05) is 0 Å². The van der Waals surface area contributed by atoms with Crippen molar-refractivity contribution in [3.63, 3.8) is 0 Å². The quantitative estimate of drug-likeness (QED) is 0.648. The molecule has 0 aromatic heterocycles. The summed E-state index contributed by atoms with van der Waals surface area (Å²) in [6.45, 7) is 0. The topological polar surface area (TPSA) is 0 Å². The van der Waals surface area contributed by atoms with Crippen LogP contribution < -0.4 is 3.58 Å². The molecule has 0 heterocycles. The van der Waals surface area contributed by atoms with E-state index in [1.54, 1.807) is 3.58 Å². The minimum atomic E-state index is -1.02. The van der Waals surface area contributed by atoms with Crippen molar-refractivity contribution in [1.82, 2.24) is 0 Å². The second-order valence-electron chi connectivity index (χ2n) is 3.87. The van der Waals surface area contributed by atoms with Crippen molar-refractivity contribution in [2.75, 3.05) is 0 Å². The fourth-order valence-electron chi connectivity index (χ4n) is 0.771. The summed E-state index contributed by atoms with van der Waals surface area (Å²) in [6, 6.07) is 10.8. The summed E-state index contributed by atoms with van der Waals surface area (Å²) < 4.78 is 1.61. The Morgan fingerprint density at radius 2 is 1.15 bits per heavy atom. The molecule has 0 saturated heterocycles. The Morgan fingerprint density at radius 1 is 0.769 bits per heavy atom. The maximum atomic E-state index is 2.40. The van der Waals surface area contributed by atoms with Gasteiger partial charge in [0.25, 0.3) is 0 Å². The van der Waals surface area contributed by atoms with Gasteiger partial charge >= 0.3 is 98.1 Å². The molecule has 0 N–H and O–H groups in total. The minimum absolute atomic E-state index is 0.543. The van der Waals surface area contributed by atoms with Crippen LogP contribution in [-0.4, -0.2) is 39.5 Å². The molecule has 1 aromatic carbocycles. The third-order valence-corrected chi connectivity index (χ3v) is 5.60. The molecule has 0 fully saturated rings. The molecule has 1 aromatic rings. The van der Waals surface area contributed by atoms with Gasteiger partial charge in [0.2, 0.25) is 0 Å². The summed E-state index contributed by atoms with van der Waals surface area (Å²) in [4.78, 5) is 11.9. The van der Waals surface area contributed by atoms with Crippen LogP contribution in [0, 0.1) is 0 Å². The van der Waals surface area contributed by atoms with Crippen molar-refractivity contribution in [3.8, 4) is 0 Å². The van der Waals surface area contributed by atoms with Gasteiger partial charge in [0.05, 0.1) is 0 Å². The number of benzene rings is 1. The van der Waals surface area contributed by atoms with Gasteiger partial charge in [-0.2, -0.15) is 0 Å². The van der Waals surface area contributed by atoms with Crippen LogP contribution >= 0.6 is 0 Å². The number of hydrogen-bond acceptors (Lipinski definition) is 0. The SMILES string of the molecule is [CH3][Sn]([CH3])[CH3].[CH3][Sn]([CH3])[c]1ccccc1. The first-order valence-corrected chi connectivity index (χ1v) is 20.4. The predicted molar refractivity (Wildman–Crippen MR) is 66.9 cm³/mol. The molecule has 0 spiro atoms. The predicted octanol–water partition coefficient (Wildman–Crippen LogP) is 3.02. The Hall–Kier alpha value is 0.817. The van der Waals surface area contributed by atoms with Gasteiger partial charge < -0.3 is 0 Å². The third-order valence-electron chi connectivity index (χ3n) is 1.35. The molecule has 2 heteroatoms. The van der Waals surface area contributed by atoms with Crippen LogP contribution in [0.15, 0.2) is 30.3 Å². The number of hydrogen-bond donors (Lipinski definition) is 0. The average molecular weight is 390 g/mol. The molecular weight excluding hydrogens is 370 g/mol. The van der Waals surface area contributed by atoms with E-state index in [2.05, 4.69) is 55.0 Å². The fraction of sp³-hybridized carbons (Fsp3) is 0.455. The molecule has 0 saturated carbocycles. The molecule has 0 aliphatic carbocycles. The Kier molecular flexibility index (Phi) is 8.67. The summed E-state index contributed by atoms with van der Waals surface area (Å²) >= 11 is -1.57. The molecule has 2 radical (unpaired) electrons. The van der Waals surface area contributed by atoms with Crippen molar-refractivity contribution in [2.24, 2.45) is 0 Å². The monoisotopic (exact) mass is 392 g/mol. The van der Waals surface area contributed by atoms with Gasteiger partial charge in [-0.25, -0.2) is 0 Å². The standard InChI is InChI=1S/C6H5.5CH3.2Sn/c1-2-4-6-5-3-1;;;;;;;/h1-5H;5*1H3;;. The normalized spacial score (nSPS) is 9.77. The van der Waals surface area contributed by atoms with Crippen LogP contribution in [0.25, 0.3) is 0 Å². The molecule has 0 unspecified atom stereocenters. The Bertz CT molecular complexity index is 202. The molecule has 1 rings (SSSR count). The van der Waals surface area contributed by atoms with Crippen LogP contribution in [-0.2, 0) is 0 Å². The summed E-state index contributed by atoms with van der Waals surface area (Å²) in [5.41, 5.74) is 0. The first-order chi connectivity index (χ1) is 6.04. The molecule has 0 aliphatic rings. The second-order valence-corrected chi connectivity index (χ2v) is 19.8. The molecule has 13 heavy (non-hydrogen) atoms. The molecule has 0 aliphatic heterocycles. The molecule has 0 nitrogen and oxygen atoms in total. The van der Waals surface area contributed by atoms with E-state index in [0.717, 1.165) is 0 Å². The van der Waals surface area contributed by atoms with Crippen LogP contribution in [0.3, 0.4) is 0 Å². The zero-order valence-electron chi connectivity index (χ0n) is 9.39. The summed E-state index contributed by atoms with van der Waals surface area (Å²) in [7, 11) is 0. The zero-order valence-corrected chi connectivity index (χ0v) is 15.1. The van der Waals surface area contributed by atoms with Crippen molar-refractivity contribution in [2.45, 2.75) is 24.7 Å². The summed E-state index contributed by atoms with van der Waals surface area (Å²) in [5.74, 6) is 0. The van der Waals surface area contributed by atoms with Gasteiger partial charge in [0.15, 0.2) is 0 Å². The molecular formula is C11H20Sn2. The van der Waals surface area contributed by atoms with E-state index in [0.29, 0.717) is 0 Å². The van der Waals surface area contributed by atoms with Gasteiger partial charge in [-0.3, -0.25) is 0 Å². The molecule has 0 amide bonds. The van der Waals surface area contributed by atoms with Crippen molar-refractivity contribution in [3.05, 3.63) is 30.3 Å². The molecule has 72 valence electrons. The van der Waals surface area contributed by atoms with Gasteiger partial charge in [-0.05, 0) is 0 Å². The zero-order chi connectivity index (χ0) is 10.3. The number of rotatable bonds is 1. The van der Waals surface area contributed by atoms with E-state index in [1.165, 1.54) is 0 Å². The summed E-state index contributed by atoms with van der Waals surface area (Å²) in [6.07, 6.45) is 0. The average Bonchev–Trinajstić information content (AvgIpc) is 2.05. The Labute approximate surface area is 97.2 Å². The van der Waals surface area contributed by atoms with Crippen LogP contribution in [0.1, 0.15) is 0 Å². The summed E-state index contributed by atoms with van der Waals surface area (Å²) in [5, 5.41) is 0. The molecule has 0 atom stereocenters. The maximum absolute atomic E-state index is 2.40. The van der Waals surface area contributed by atoms with Gasteiger partial charge in [-0.15, -0.1) is 0 Å². The first kappa shape index (κ1) is 13.8. The van der Waals surface area contributed by atoms with Gasteiger partial charge in [-0.1, -0.05) is 0 Å². The van der Waals surface area contributed by atoms with Crippen LogP contribution in [0.4, 0.5) is 0 Å². The Morgan fingerprint density at radius 3 is 1.38 bits per heavy atom. The van der Waals surface area contributed by atoms with E-state index >= 15 is 0 Å². The van der Waals surface area contributed by atoms with E-state index in [9.17, 15) is 0 Å². The Balaban J connectivity index is 0.000000310. The molecule has 0 bridgehead atoms. The van der Waals surface area contributed by atoms with Crippen LogP contribution in [0.5, 0.6) is 0 Å². The van der Waals surface area contributed by atoms with Crippen molar-refractivity contribution >= 4 is 43.1 Å². The first-order valence-electron chi connectivity index (χ1n) is 4.66.